The first-order chi connectivity index (χ1) is 10.4. The van der Waals surface area contributed by atoms with Gasteiger partial charge in [0.25, 0.3) is 0 Å². The number of rotatable bonds is 5. The molecule has 2 rings (SSSR count). The van der Waals surface area contributed by atoms with Gasteiger partial charge in [-0.15, -0.1) is 0 Å². The highest BCUT2D eigenvalue weighted by molar-refractivity contribution is 6.01. The minimum absolute atomic E-state index is 0.120. The van der Waals surface area contributed by atoms with E-state index in [0.717, 1.165) is 11.3 Å². The molecule has 0 fully saturated rings. The zero-order chi connectivity index (χ0) is 16.3. The fourth-order valence-corrected chi connectivity index (χ4v) is 2.55. The third-order valence-electron chi connectivity index (χ3n) is 3.74. The Morgan fingerprint density at radius 2 is 1.95 bits per heavy atom. The molecular weight excluding hydrogens is 284 g/mol. The van der Waals surface area contributed by atoms with Crippen LogP contribution in [0.2, 0.25) is 0 Å². The number of fused-ring (bicyclic) bond motifs is 1. The van der Waals surface area contributed by atoms with Crippen LogP contribution in [0.5, 0.6) is 0 Å². The maximum Gasteiger partial charge on any atom is 0.326 e. The standard InChI is InChI=1S/C16H20N2O4/c1-10(2)15(16(21)22)17-13(19)9-18-12-6-4-3-5-11(12)7-8-14(18)20/h3-6,10,15H,7-9H2,1-2H3,(H,17,19)(H,21,22)/t15-/m0/s1. The highest BCUT2D eigenvalue weighted by atomic mass is 16.4. The fraction of sp³-hybridized carbons (Fsp3) is 0.438. The molecule has 6 heteroatoms. The Labute approximate surface area is 129 Å². The zero-order valence-electron chi connectivity index (χ0n) is 12.7. The molecule has 2 amide bonds. The molecule has 1 aliphatic rings. The third kappa shape index (κ3) is 3.44. The number of benzene rings is 1. The van der Waals surface area contributed by atoms with Crippen molar-refractivity contribution in [2.24, 2.45) is 5.92 Å². The number of para-hydroxylation sites is 1. The zero-order valence-corrected chi connectivity index (χ0v) is 12.7. The number of amides is 2. The number of hydrogen-bond donors (Lipinski definition) is 2. The predicted octanol–water partition coefficient (Wildman–Crippen LogP) is 1.19. The van der Waals surface area contributed by atoms with Gasteiger partial charge >= 0.3 is 5.97 Å². The van der Waals surface area contributed by atoms with Crippen molar-refractivity contribution < 1.29 is 19.5 Å². The second-order valence-corrected chi connectivity index (χ2v) is 5.74. The molecule has 0 bridgehead atoms. The molecule has 1 aromatic carbocycles. The van der Waals surface area contributed by atoms with Gasteiger partial charge in [0.15, 0.2) is 0 Å². The molecule has 22 heavy (non-hydrogen) atoms. The molecule has 118 valence electrons. The van der Waals surface area contributed by atoms with E-state index < -0.39 is 17.9 Å². The van der Waals surface area contributed by atoms with Gasteiger partial charge in [0.1, 0.15) is 12.6 Å². The molecule has 1 aliphatic heterocycles. The molecule has 0 radical (unpaired) electrons. The van der Waals surface area contributed by atoms with Crippen LogP contribution in [-0.2, 0) is 20.8 Å². The Balaban J connectivity index is 2.11. The molecule has 0 spiro atoms. The van der Waals surface area contributed by atoms with Crippen molar-refractivity contribution in [1.82, 2.24) is 5.32 Å². The number of carbonyl (C=O) groups excluding carboxylic acids is 2. The van der Waals surface area contributed by atoms with E-state index >= 15 is 0 Å². The second kappa shape index (κ2) is 6.60. The monoisotopic (exact) mass is 304 g/mol. The Morgan fingerprint density at radius 3 is 2.59 bits per heavy atom. The van der Waals surface area contributed by atoms with Crippen LogP contribution >= 0.6 is 0 Å². The van der Waals surface area contributed by atoms with Crippen molar-refractivity contribution in [2.45, 2.75) is 32.7 Å². The molecule has 0 aliphatic carbocycles. The van der Waals surface area contributed by atoms with Crippen molar-refractivity contribution in [3.05, 3.63) is 29.8 Å². The molecule has 1 aromatic rings. The van der Waals surface area contributed by atoms with Gasteiger partial charge < -0.3 is 15.3 Å². The van der Waals surface area contributed by atoms with Gasteiger partial charge in [0.2, 0.25) is 11.8 Å². The first kappa shape index (κ1) is 16.0. The summed E-state index contributed by atoms with van der Waals surface area (Å²) in [6.45, 7) is 3.28. The third-order valence-corrected chi connectivity index (χ3v) is 3.74. The van der Waals surface area contributed by atoms with Gasteiger partial charge in [0, 0.05) is 12.1 Å². The van der Waals surface area contributed by atoms with Crippen LogP contribution in [0.15, 0.2) is 24.3 Å². The average Bonchev–Trinajstić information content (AvgIpc) is 2.47. The molecular formula is C16H20N2O4. The number of carboxylic acids is 1. The average molecular weight is 304 g/mol. The van der Waals surface area contributed by atoms with Crippen LogP contribution in [0.25, 0.3) is 0 Å². The van der Waals surface area contributed by atoms with Crippen LogP contribution in [0.3, 0.4) is 0 Å². The quantitative estimate of drug-likeness (QED) is 0.855. The predicted molar refractivity (Wildman–Crippen MR) is 81.5 cm³/mol. The number of hydrogen-bond acceptors (Lipinski definition) is 3. The van der Waals surface area contributed by atoms with Gasteiger partial charge in [-0.1, -0.05) is 32.0 Å². The summed E-state index contributed by atoms with van der Waals surface area (Å²) in [5, 5.41) is 11.6. The number of aliphatic carboxylic acids is 1. The van der Waals surface area contributed by atoms with E-state index in [4.69, 9.17) is 5.11 Å². The maximum absolute atomic E-state index is 12.1. The summed E-state index contributed by atoms with van der Waals surface area (Å²) < 4.78 is 0. The second-order valence-electron chi connectivity index (χ2n) is 5.74. The van der Waals surface area contributed by atoms with E-state index in [0.29, 0.717) is 12.8 Å². The Bertz CT molecular complexity index is 598. The number of anilines is 1. The summed E-state index contributed by atoms with van der Waals surface area (Å²) in [5.74, 6) is -1.89. The number of carboxylic acid groups (broad SMARTS) is 1. The first-order valence-corrected chi connectivity index (χ1v) is 7.30. The molecule has 0 saturated heterocycles. The van der Waals surface area contributed by atoms with Gasteiger partial charge in [0.05, 0.1) is 0 Å². The molecule has 6 nitrogen and oxygen atoms in total. The minimum atomic E-state index is -1.08. The Kier molecular flexibility index (Phi) is 4.80. The van der Waals surface area contributed by atoms with E-state index in [1.807, 2.05) is 18.2 Å². The minimum Gasteiger partial charge on any atom is -0.480 e. The topological polar surface area (TPSA) is 86.7 Å². The van der Waals surface area contributed by atoms with Gasteiger partial charge in [-0.2, -0.15) is 0 Å². The van der Waals surface area contributed by atoms with Crippen molar-refractivity contribution in [2.75, 3.05) is 11.4 Å². The summed E-state index contributed by atoms with van der Waals surface area (Å²) in [7, 11) is 0. The number of nitrogens with zero attached hydrogens (tertiary/aromatic N) is 1. The molecule has 0 aromatic heterocycles. The lowest BCUT2D eigenvalue weighted by Gasteiger charge is -2.29. The van der Waals surface area contributed by atoms with Crippen LogP contribution < -0.4 is 10.2 Å². The van der Waals surface area contributed by atoms with E-state index in [9.17, 15) is 14.4 Å². The summed E-state index contributed by atoms with van der Waals surface area (Å²) >= 11 is 0. The summed E-state index contributed by atoms with van der Waals surface area (Å²) in [5.41, 5.74) is 1.75. The number of aryl methyl sites for hydroxylation is 1. The largest absolute Gasteiger partial charge is 0.480 e. The summed E-state index contributed by atoms with van der Waals surface area (Å²) in [6, 6.07) is 6.49. The number of nitrogens with one attached hydrogen (secondary N) is 1. The van der Waals surface area contributed by atoms with E-state index in [1.165, 1.54) is 4.90 Å². The Morgan fingerprint density at radius 1 is 1.27 bits per heavy atom. The van der Waals surface area contributed by atoms with Gasteiger partial charge in [-0.3, -0.25) is 9.59 Å². The molecule has 0 unspecified atom stereocenters. The molecule has 1 heterocycles. The van der Waals surface area contributed by atoms with Crippen molar-refractivity contribution in [3.63, 3.8) is 0 Å². The van der Waals surface area contributed by atoms with Crippen LogP contribution in [-0.4, -0.2) is 35.5 Å². The fourth-order valence-electron chi connectivity index (χ4n) is 2.55. The van der Waals surface area contributed by atoms with Gasteiger partial charge in [-0.25, -0.2) is 4.79 Å². The SMILES string of the molecule is CC(C)[C@H](NC(=O)CN1C(=O)CCc2ccccc21)C(=O)O. The van der Waals surface area contributed by atoms with E-state index in [1.54, 1.807) is 19.9 Å². The van der Waals surface area contributed by atoms with Crippen molar-refractivity contribution in [3.8, 4) is 0 Å². The van der Waals surface area contributed by atoms with E-state index in [2.05, 4.69) is 5.32 Å². The normalized spacial score (nSPS) is 15.4. The maximum atomic E-state index is 12.1. The highest BCUT2D eigenvalue weighted by Gasteiger charge is 2.28. The van der Waals surface area contributed by atoms with Crippen LogP contribution in [0, 0.1) is 5.92 Å². The smallest absolute Gasteiger partial charge is 0.326 e. The lowest BCUT2D eigenvalue weighted by atomic mass is 10.0. The van der Waals surface area contributed by atoms with Crippen molar-refractivity contribution in [1.29, 1.82) is 0 Å². The van der Waals surface area contributed by atoms with E-state index in [-0.39, 0.29) is 18.4 Å². The molecule has 2 N–H and O–H groups in total. The van der Waals surface area contributed by atoms with Crippen molar-refractivity contribution >= 4 is 23.5 Å². The Hall–Kier alpha value is -2.37. The molecule has 1 atom stereocenters. The number of carbonyl (C=O) groups is 3. The summed E-state index contributed by atoms with van der Waals surface area (Å²) in [4.78, 5) is 36.8. The highest BCUT2D eigenvalue weighted by Crippen LogP contribution is 2.27. The lowest BCUT2D eigenvalue weighted by Crippen LogP contribution is -2.49. The summed E-state index contributed by atoms with van der Waals surface area (Å²) in [6.07, 6.45) is 1.02. The van der Waals surface area contributed by atoms with Gasteiger partial charge in [-0.05, 0) is 24.0 Å². The molecule has 0 saturated carbocycles. The van der Waals surface area contributed by atoms with Crippen LogP contribution in [0.1, 0.15) is 25.8 Å². The first-order valence-electron chi connectivity index (χ1n) is 7.30. The lowest BCUT2D eigenvalue weighted by molar-refractivity contribution is -0.142. The van der Waals surface area contributed by atoms with Crippen LogP contribution in [0.4, 0.5) is 5.69 Å².